The lowest BCUT2D eigenvalue weighted by Gasteiger charge is -2.18. The Balaban J connectivity index is 1.78. The average Bonchev–Trinajstić information content (AvgIpc) is 3.17. The Labute approximate surface area is 185 Å². The highest BCUT2D eigenvalue weighted by atomic mass is 32.1. The van der Waals surface area contributed by atoms with Gasteiger partial charge in [0.25, 0.3) is 0 Å². The molecule has 3 aromatic rings. The van der Waals surface area contributed by atoms with Gasteiger partial charge in [-0.1, -0.05) is 45.0 Å². The van der Waals surface area contributed by atoms with Gasteiger partial charge in [0.1, 0.15) is 0 Å². The average molecular weight is 420 g/mol. The van der Waals surface area contributed by atoms with Crippen molar-refractivity contribution in [3.8, 4) is 11.3 Å². The van der Waals surface area contributed by atoms with E-state index in [1.807, 2.05) is 13.4 Å². The highest BCUT2D eigenvalue weighted by molar-refractivity contribution is 7.10. The smallest absolute Gasteiger partial charge is 0.0976 e. The van der Waals surface area contributed by atoms with E-state index in [4.69, 9.17) is 4.98 Å². The van der Waals surface area contributed by atoms with Gasteiger partial charge in [-0.05, 0) is 60.6 Å². The van der Waals surface area contributed by atoms with E-state index in [0.29, 0.717) is 0 Å². The van der Waals surface area contributed by atoms with Gasteiger partial charge in [-0.2, -0.15) is 0 Å². The standard InChI is InChI=1S/C26H33N3S/c1-8-29(7)17-27-22-13-18(2)23(19(3)14-22)15-25-28-24(16-30-25)20-9-11-21(12-10-20)26(4,5)6/h9-14,16-17H,8,15H2,1-7H3. The fraction of sp³-hybridized carbons (Fsp3) is 0.385. The van der Waals surface area contributed by atoms with Crippen LogP contribution in [0.1, 0.15) is 55.0 Å². The molecule has 1 aromatic heterocycles. The number of aliphatic imine (C=N–C) groups is 1. The zero-order chi connectivity index (χ0) is 21.9. The summed E-state index contributed by atoms with van der Waals surface area (Å²) in [6, 6.07) is 13.2. The quantitative estimate of drug-likeness (QED) is 0.320. The molecule has 0 aliphatic rings. The fourth-order valence-corrected chi connectivity index (χ4v) is 4.20. The van der Waals surface area contributed by atoms with Gasteiger partial charge < -0.3 is 4.90 Å². The number of rotatable bonds is 6. The Morgan fingerprint density at radius 3 is 2.27 bits per heavy atom. The van der Waals surface area contributed by atoms with Gasteiger partial charge in [-0.3, -0.25) is 0 Å². The Morgan fingerprint density at radius 2 is 1.70 bits per heavy atom. The number of aromatic nitrogens is 1. The van der Waals surface area contributed by atoms with E-state index < -0.39 is 0 Å². The van der Waals surface area contributed by atoms with Crippen molar-refractivity contribution < 1.29 is 0 Å². The maximum absolute atomic E-state index is 4.93. The number of hydrogen-bond acceptors (Lipinski definition) is 3. The van der Waals surface area contributed by atoms with Gasteiger partial charge in [-0.25, -0.2) is 9.98 Å². The van der Waals surface area contributed by atoms with Crippen LogP contribution in [0.15, 0.2) is 46.8 Å². The van der Waals surface area contributed by atoms with Crippen LogP contribution in [-0.4, -0.2) is 29.8 Å². The molecule has 4 heteroatoms. The molecular formula is C26H33N3S. The van der Waals surface area contributed by atoms with E-state index in [-0.39, 0.29) is 5.41 Å². The van der Waals surface area contributed by atoms with E-state index in [1.165, 1.54) is 27.8 Å². The molecule has 3 rings (SSSR count). The first kappa shape index (κ1) is 22.2. The van der Waals surface area contributed by atoms with E-state index in [2.05, 4.69) is 93.2 Å². The molecule has 1 heterocycles. The van der Waals surface area contributed by atoms with Crippen LogP contribution in [-0.2, 0) is 11.8 Å². The highest BCUT2D eigenvalue weighted by Crippen LogP contribution is 2.29. The molecule has 30 heavy (non-hydrogen) atoms. The second kappa shape index (κ2) is 9.13. The molecule has 0 saturated carbocycles. The molecular weight excluding hydrogens is 386 g/mol. The number of hydrogen-bond donors (Lipinski definition) is 0. The summed E-state index contributed by atoms with van der Waals surface area (Å²) in [7, 11) is 2.04. The molecule has 0 N–H and O–H groups in total. The summed E-state index contributed by atoms with van der Waals surface area (Å²) >= 11 is 1.74. The summed E-state index contributed by atoms with van der Waals surface area (Å²) in [4.78, 5) is 11.6. The number of benzene rings is 2. The predicted octanol–water partition coefficient (Wildman–Crippen LogP) is 6.93. The van der Waals surface area contributed by atoms with Crippen molar-refractivity contribution >= 4 is 23.4 Å². The van der Waals surface area contributed by atoms with Crippen molar-refractivity contribution in [1.29, 1.82) is 0 Å². The Morgan fingerprint density at radius 1 is 1.07 bits per heavy atom. The van der Waals surface area contributed by atoms with Crippen LogP contribution in [0.2, 0.25) is 0 Å². The van der Waals surface area contributed by atoms with E-state index >= 15 is 0 Å². The number of nitrogens with zero attached hydrogens (tertiary/aromatic N) is 3. The topological polar surface area (TPSA) is 28.5 Å². The summed E-state index contributed by atoms with van der Waals surface area (Å²) in [5, 5.41) is 3.32. The van der Waals surface area contributed by atoms with Crippen molar-refractivity contribution in [1.82, 2.24) is 9.88 Å². The molecule has 0 unspecified atom stereocenters. The molecule has 2 aromatic carbocycles. The second-order valence-corrected chi connectivity index (χ2v) is 9.95. The van der Waals surface area contributed by atoms with Crippen LogP contribution < -0.4 is 0 Å². The zero-order valence-corrected chi connectivity index (χ0v) is 20.1. The van der Waals surface area contributed by atoms with Gasteiger partial charge in [0.2, 0.25) is 0 Å². The molecule has 0 aliphatic carbocycles. The third kappa shape index (κ3) is 5.37. The lowest BCUT2D eigenvalue weighted by atomic mass is 9.86. The third-order valence-electron chi connectivity index (χ3n) is 5.51. The predicted molar refractivity (Wildman–Crippen MR) is 131 cm³/mol. The largest absolute Gasteiger partial charge is 0.366 e. The summed E-state index contributed by atoms with van der Waals surface area (Å²) in [5.41, 5.74) is 8.66. The summed E-state index contributed by atoms with van der Waals surface area (Å²) in [6.45, 7) is 14.1. The van der Waals surface area contributed by atoms with Crippen LogP contribution in [0.25, 0.3) is 11.3 Å². The number of aryl methyl sites for hydroxylation is 2. The van der Waals surface area contributed by atoms with Crippen LogP contribution in [0.3, 0.4) is 0 Å². The van der Waals surface area contributed by atoms with E-state index in [9.17, 15) is 0 Å². The molecule has 0 saturated heterocycles. The lowest BCUT2D eigenvalue weighted by Crippen LogP contribution is -2.14. The summed E-state index contributed by atoms with van der Waals surface area (Å²) < 4.78 is 0. The van der Waals surface area contributed by atoms with Gasteiger partial charge in [0, 0.05) is 31.0 Å². The lowest BCUT2D eigenvalue weighted by molar-refractivity contribution is 0.552. The van der Waals surface area contributed by atoms with Crippen molar-refractivity contribution in [2.45, 2.75) is 53.4 Å². The minimum Gasteiger partial charge on any atom is -0.366 e. The van der Waals surface area contributed by atoms with E-state index in [1.54, 1.807) is 11.3 Å². The molecule has 0 fully saturated rings. The first-order chi connectivity index (χ1) is 14.2. The summed E-state index contributed by atoms with van der Waals surface area (Å²) in [6.07, 6.45) is 2.76. The van der Waals surface area contributed by atoms with Gasteiger partial charge >= 0.3 is 0 Å². The minimum absolute atomic E-state index is 0.170. The summed E-state index contributed by atoms with van der Waals surface area (Å²) in [5.74, 6) is 0. The molecule has 0 radical (unpaired) electrons. The molecule has 0 atom stereocenters. The third-order valence-corrected chi connectivity index (χ3v) is 6.36. The molecule has 0 bridgehead atoms. The second-order valence-electron chi connectivity index (χ2n) is 9.01. The van der Waals surface area contributed by atoms with Gasteiger partial charge in [0.05, 0.1) is 22.7 Å². The number of thiazole rings is 1. The first-order valence-corrected chi connectivity index (χ1v) is 11.4. The Bertz CT molecular complexity index is 1000. The van der Waals surface area contributed by atoms with Gasteiger partial charge in [-0.15, -0.1) is 11.3 Å². The van der Waals surface area contributed by atoms with Crippen molar-refractivity contribution in [2.75, 3.05) is 13.6 Å². The zero-order valence-electron chi connectivity index (χ0n) is 19.3. The highest BCUT2D eigenvalue weighted by Gasteiger charge is 2.14. The molecule has 0 aliphatic heterocycles. The molecule has 158 valence electrons. The van der Waals surface area contributed by atoms with Crippen LogP contribution in [0.5, 0.6) is 0 Å². The minimum atomic E-state index is 0.170. The van der Waals surface area contributed by atoms with E-state index in [0.717, 1.165) is 29.4 Å². The van der Waals surface area contributed by atoms with Crippen LogP contribution >= 0.6 is 11.3 Å². The monoisotopic (exact) mass is 419 g/mol. The first-order valence-electron chi connectivity index (χ1n) is 10.6. The normalized spacial score (nSPS) is 12.0. The molecule has 0 spiro atoms. The van der Waals surface area contributed by atoms with Crippen molar-refractivity contribution in [2.24, 2.45) is 4.99 Å². The van der Waals surface area contributed by atoms with Gasteiger partial charge in [0.15, 0.2) is 0 Å². The van der Waals surface area contributed by atoms with Crippen LogP contribution in [0.4, 0.5) is 5.69 Å². The molecule has 0 amide bonds. The molecule has 3 nitrogen and oxygen atoms in total. The van der Waals surface area contributed by atoms with Crippen molar-refractivity contribution in [3.63, 3.8) is 0 Å². The van der Waals surface area contributed by atoms with Crippen LogP contribution in [0, 0.1) is 13.8 Å². The van der Waals surface area contributed by atoms with Crippen molar-refractivity contribution in [3.05, 3.63) is 69.0 Å². The maximum Gasteiger partial charge on any atom is 0.0976 e. The Kier molecular flexibility index (Phi) is 6.77. The maximum atomic E-state index is 4.93. The Hall–Kier alpha value is -2.46. The SMILES string of the molecule is CCN(C)C=Nc1cc(C)c(Cc2nc(-c3ccc(C(C)(C)C)cc3)cs2)c(C)c1. The fourth-order valence-electron chi connectivity index (χ4n) is 3.39.